The summed E-state index contributed by atoms with van der Waals surface area (Å²) in [5, 5.41) is 8.99. The zero-order valence-corrected chi connectivity index (χ0v) is 26.6. The molecule has 2 aromatic rings. The second-order valence-electron chi connectivity index (χ2n) is 10.1. The van der Waals surface area contributed by atoms with Crippen molar-refractivity contribution in [3.8, 4) is 0 Å². The van der Waals surface area contributed by atoms with E-state index in [2.05, 4.69) is 10.7 Å². The average molecular weight is 695 g/mol. The minimum atomic E-state index is -3.43. The molecule has 2 aliphatic heterocycles. The van der Waals surface area contributed by atoms with Gasteiger partial charge in [-0.25, -0.2) is 18.0 Å². The van der Waals surface area contributed by atoms with Crippen LogP contribution in [0.15, 0.2) is 60.7 Å². The van der Waals surface area contributed by atoms with Crippen molar-refractivity contribution in [3.63, 3.8) is 0 Å². The van der Waals surface area contributed by atoms with Crippen molar-refractivity contribution in [2.45, 2.75) is 40.9 Å². The number of halogens is 1. The molecule has 0 aromatic heterocycles. The highest BCUT2D eigenvalue weighted by Crippen LogP contribution is 2.19. The Hall–Kier alpha value is -2.91. The molecule has 256 valence electrons. The van der Waals surface area contributed by atoms with Crippen LogP contribution < -0.4 is 0 Å². The third-order valence-corrected chi connectivity index (χ3v) is 6.84. The standard InChI is InChI=1S/C14H19NO5S.C13H17NO3.CH3ClO2S.2CH4/c1-21(17,18)20-11-13-7-8-15(9-13)14(16)19-10-12-5-3-2-4-6-12;15-9-12-6-7-14(8-12)13(16)17-10-11-4-2-1-3-5-11;1-5(2,3)4;;/h2-6,13H,7-11H2,1H3;1-5,12,15H,6-10H2;1H3;2*1H4/t13-;12-;;;/m00.../s1. The SMILES string of the molecule is C.C.CS(=O)(=O)Cl.CS(=O)(=O)OC[C@H]1CCN(C(=O)OCc2ccccc2)C1.O=C(OCc1ccccc1)N1CC[C@H](CO)C1. The first-order valence-corrected chi connectivity index (χ1v) is 18.0. The average Bonchev–Trinajstić information content (AvgIpc) is 3.64. The Labute approximate surface area is 272 Å². The summed E-state index contributed by atoms with van der Waals surface area (Å²) in [6, 6.07) is 19.1. The van der Waals surface area contributed by atoms with Crippen LogP contribution in [0, 0.1) is 11.8 Å². The van der Waals surface area contributed by atoms with Gasteiger partial charge in [-0.2, -0.15) is 8.42 Å². The summed E-state index contributed by atoms with van der Waals surface area (Å²) in [4.78, 5) is 26.9. The van der Waals surface area contributed by atoms with Gasteiger partial charge in [0.05, 0.1) is 19.1 Å². The van der Waals surface area contributed by atoms with E-state index < -0.39 is 19.2 Å². The number of benzene rings is 2. The van der Waals surface area contributed by atoms with Gasteiger partial charge in [0.2, 0.25) is 9.05 Å². The van der Waals surface area contributed by atoms with Crippen LogP contribution in [0.25, 0.3) is 0 Å². The van der Waals surface area contributed by atoms with Gasteiger partial charge < -0.3 is 24.4 Å². The Bertz CT molecular complexity index is 1340. The monoisotopic (exact) mass is 694 g/mol. The molecule has 0 bridgehead atoms. The number of hydrogen-bond donors (Lipinski definition) is 1. The molecule has 4 rings (SSSR count). The third-order valence-electron chi connectivity index (χ3n) is 6.27. The number of hydrogen-bond acceptors (Lipinski definition) is 10. The molecule has 0 saturated carbocycles. The van der Waals surface area contributed by atoms with Crippen molar-refractivity contribution in [2.24, 2.45) is 11.8 Å². The van der Waals surface area contributed by atoms with Gasteiger partial charge in [0.15, 0.2) is 0 Å². The van der Waals surface area contributed by atoms with Gasteiger partial charge in [0.25, 0.3) is 10.1 Å². The van der Waals surface area contributed by atoms with E-state index in [0.29, 0.717) is 32.8 Å². The van der Waals surface area contributed by atoms with Gasteiger partial charge in [0, 0.05) is 55.3 Å². The summed E-state index contributed by atoms with van der Waals surface area (Å²) in [7, 11) is -2.12. The van der Waals surface area contributed by atoms with Crippen LogP contribution in [0.3, 0.4) is 0 Å². The van der Waals surface area contributed by atoms with Gasteiger partial charge >= 0.3 is 12.2 Å². The van der Waals surface area contributed by atoms with E-state index in [0.717, 1.165) is 36.5 Å². The summed E-state index contributed by atoms with van der Waals surface area (Å²) in [6.45, 7) is 3.10. The molecule has 2 aromatic carbocycles. The van der Waals surface area contributed by atoms with Crippen molar-refractivity contribution < 1.29 is 45.2 Å². The predicted molar refractivity (Wildman–Crippen MR) is 175 cm³/mol. The van der Waals surface area contributed by atoms with Crippen LogP contribution >= 0.6 is 10.7 Å². The van der Waals surface area contributed by atoms with Crippen LogP contribution in [0.1, 0.15) is 38.8 Å². The number of amides is 2. The smallest absolute Gasteiger partial charge is 0.410 e. The molecule has 2 saturated heterocycles. The second-order valence-corrected chi connectivity index (χ2v) is 14.8. The predicted octanol–water partition coefficient (Wildman–Crippen LogP) is 4.72. The molecule has 12 nitrogen and oxygen atoms in total. The molecule has 2 fully saturated rings. The number of aliphatic hydroxyl groups excluding tert-OH is 1. The number of carbonyl (C=O) groups excluding carboxylic acids is 2. The van der Waals surface area contributed by atoms with Crippen molar-refractivity contribution in [1.82, 2.24) is 9.80 Å². The van der Waals surface area contributed by atoms with E-state index in [1.165, 1.54) is 0 Å². The number of aliphatic hydroxyl groups is 1. The number of nitrogens with zero attached hydrogens (tertiary/aromatic N) is 2. The number of carbonyl (C=O) groups is 2. The Balaban J connectivity index is 0.000000730. The molecule has 0 spiro atoms. The zero-order valence-electron chi connectivity index (χ0n) is 24.2. The molecule has 1 N–H and O–H groups in total. The summed E-state index contributed by atoms with van der Waals surface area (Å²) < 4.78 is 55.9. The Morgan fingerprint density at radius 2 is 1.16 bits per heavy atom. The molecule has 15 heteroatoms. The molecule has 2 aliphatic rings. The highest BCUT2D eigenvalue weighted by Gasteiger charge is 2.28. The highest BCUT2D eigenvalue weighted by atomic mass is 35.7. The largest absolute Gasteiger partial charge is 0.445 e. The van der Waals surface area contributed by atoms with Crippen molar-refractivity contribution in [2.75, 3.05) is 51.9 Å². The lowest BCUT2D eigenvalue weighted by Crippen LogP contribution is -2.30. The molecule has 0 unspecified atom stereocenters. The molecule has 0 radical (unpaired) electrons. The van der Waals surface area contributed by atoms with E-state index in [1.54, 1.807) is 9.80 Å². The maximum absolute atomic E-state index is 11.9. The lowest BCUT2D eigenvalue weighted by atomic mass is 10.1. The fraction of sp³-hybridized carbons (Fsp3) is 0.533. The van der Waals surface area contributed by atoms with E-state index in [4.69, 9.17) is 18.8 Å². The maximum atomic E-state index is 11.9. The molecule has 2 amide bonds. The topological polar surface area (TPSA) is 157 Å². The van der Waals surface area contributed by atoms with Gasteiger partial charge in [-0.15, -0.1) is 0 Å². The van der Waals surface area contributed by atoms with Crippen molar-refractivity contribution >= 4 is 42.0 Å². The van der Waals surface area contributed by atoms with Crippen LogP contribution in [0.4, 0.5) is 9.59 Å². The summed E-state index contributed by atoms with van der Waals surface area (Å²) in [6.07, 6.45) is 2.86. The Morgan fingerprint density at radius 1 is 0.778 bits per heavy atom. The first-order valence-electron chi connectivity index (χ1n) is 13.5. The van der Waals surface area contributed by atoms with Crippen LogP contribution in [-0.2, 0) is 46.0 Å². The minimum Gasteiger partial charge on any atom is -0.445 e. The van der Waals surface area contributed by atoms with E-state index >= 15 is 0 Å². The summed E-state index contributed by atoms with van der Waals surface area (Å²) >= 11 is 0. The fourth-order valence-electron chi connectivity index (χ4n) is 4.12. The fourth-order valence-corrected chi connectivity index (χ4v) is 4.56. The van der Waals surface area contributed by atoms with Gasteiger partial charge in [0.1, 0.15) is 13.2 Å². The lowest BCUT2D eigenvalue weighted by Gasteiger charge is -2.16. The quantitative estimate of drug-likeness (QED) is 0.303. The van der Waals surface area contributed by atoms with E-state index in [9.17, 15) is 26.4 Å². The minimum absolute atomic E-state index is 0. The molecule has 45 heavy (non-hydrogen) atoms. The Morgan fingerprint density at radius 3 is 1.51 bits per heavy atom. The van der Waals surface area contributed by atoms with Crippen molar-refractivity contribution in [1.29, 1.82) is 0 Å². The number of ether oxygens (including phenoxy) is 2. The first-order chi connectivity index (χ1) is 20.2. The van der Waals surface area contributed by atoms with Gasteiger partial charge in [-0.3, -0.25) is 4.18 Å². The summed E-state index contributed by atoms with van der Waals surface area (Å²) in [5.74, 6) is 0.239. The molecule has 2 atom stereocenters. The van der Waals surface area contributed by atoms with Gasteiger partial charge in [-0.05, 0) is 24.0 Å². The third kappa shape index (κ3) is 19.3. The molecular formula is C30H47ClN2O10S2. The maximum Gasteiger partial charge on any atom is 0.410 e. The molecule has 0 aliphatic carbocycles. The number of rotatable bonds is 8. The highest BCUT2D eigenvalue weighted by molar-refractivity contribution is 8.13. The van der Waals surface area contributed by atoms with Crippen LogP contribution in [0.5, 0.6) is 0 Å². The molecule has 2 heterocycles. The van der Waals surface area contributed by atoms with Gasteiger partial charge in [-0.1, -0.05) is 75.5 Å². The van der Waals surface area contributed by atoms with E-state index in [-0.39, 0.29) is 58.7 Å². The second kappa shape index (κ2) is 21.0. The zero-order chi connectivity index (χ0) is 31.9. The van der Waals surface area contributed by atoms with Crippen LogP contribution in [-0.4, -0.2) is 95.8 Å². The van der Waals surface area contributed by atoms with E-state index in [1.807, 2.05) is 60.7 Å². The normalized spacial score (nSPS) is 17.3. The van der Waals surface area contributed by atoms with Crippen LogP contribution in [0.2, 0.25) is 0 Å². The first kappa shape index (κ1) is 42.1. The number of likely N-dealkylation sites (tertiary alicyclic amines) is 2. The molecular weight excluding hydrogens is 648 g/mol. The van der Waals surface area contributed by atoms with Crippen molar-refractivity contribution in [3.05, 3.63) is 71.8 Å². The summed E-state index contributed by atoms with van der Waals surface area (Å²) in [5.41, 5.74) is 1.92. The lowest BCUT2D eigenvalue weighted by molar-refractivity contribution is 0.101. The Kier molecular flexibility index (Phi) is 19.6.